The number of benzene rings is 2. The number of amides is 1. The van der Waals surface area contributed by atoms with Crippen LogP contribution in [0.25, 0.3) is 6.08 Å². The number of methoxy groups -OCH3 is 2. The van der Waals surface area contributed by atoms with E-state index in [-0.39, 0.29) is 43.2 Å². The summed E-state index contributed by atoms with van der Waals surface area (Å²) in [6.45, 7) is 0.355. The minimum Gasteiger partial charge on any atom is -0.493 e. The van der Waals surface area contributed by atoms with Crippen molar-refractivity contribution in [1.29, 1.82) is 0 Å². The van der Waals surface area contributed by atoms with Gasteiger partial charge in [-0.05, 0) is 11.6 Å². The van der Waals surface area contributed by atoms with Gasteiger partial charge in [0.25, 0.3) is 11.6 Å². The molecule has 1 heterocycles. The van der Waals surface area contributed by atoms with Gasteiger partial charge in [0.2, 0.25) is 10.0 Å². The summed E-state index contributed by atoms with van der Waals surface area (Å²) in [6, 6.07) is 11.4. The number of sulfonamides is 1. The van der Waals surface area contributed by atoms with Crippen LogP contribution < -0.4 is 9.47 Å². The molecule has 0 N–H and O–H groups in total. The van der Waals surface area contributed by atoms with Crippen molar-refractivity contribution in [3.63, 3.8) is 0 Å². The molecule has 0 aromatic heterocycles. The summed E-state index contributed by atoms with van der Waals surface area (Å²) < 4.78 is 36.8. The van der Waals surface area contributed by atoms with Gasteiger partial charge in [-0.15, -0.1) is 0 Å². The lowest BCUT2D eigenvalue weighted by atomic mass is 10.1. The van der Waals surface area contributed by atoms with Gasteiger partial charge in [-0.2, -0.15) is 4.31 Å². The lowest BCUT2D eigenvalue weighted by molar-refractivity contribution is -0.385. The van der Waals surface area contributed by atoms with Crippen molar-refractivity contribution in [2.24, 2.45) is 0 Å². The third-order valence-electron chi connectivity index (χ3n) is 5.05. The van der Waals surface area contributed by atoms with Crippen molar-refractivity contribution in [2.75, 3.05) is 40.4 Å². The van der Waals surface area contributed by atoms with Gasteiger partial charge in [0.1, 0.15) is 5.56 Å². The molecule has 0 saturated carbocycles. The number of hydrogen-bond donors (Lipinski definition) is 0. The first kappa shape index (κ1) is 23.2. The zero-order valence-corrected chi connectivity index (χ0v) is 18.4. The predicted molar refractivity (Wildman–Crippen MR) is 118 cm³/mol. The quantitative estimate of drug-likeness (QED) is 0.459. The first-order valence-electron chi connectivity index (χ1n) is 9.70. The number of hydrogen-bond acceptors (Lipinski definition) is 7. The number of piperazine rings is 1. The van der Waals surface area contributed by atoms with Crippen LogP contribution in [0.5, 0.6) is 11.5 Å². The second kappa shape index (κ2) is 9.79. The fraction of sp³-hybridized carbons (Fsp3) is 0.286. The third kappa shape index (κ3) is 5.06. The molecule has 3 rings (SSSR count). The van der Waals surface area contributed by atoms with E-state index < -0.39 is 26.5 Å². The first-order chi connectivity index (χ1) is 15.3. The second-order valence-electron chi connectivity index (χ2n) is 6.93. The molecule has 0 spiro atoms. The SMILES string of the molecule is COc1cc(C(=O)N2CCN(S(=O)(=O)C=Cc3ccccc3)CC2)c([N+](=O)[O-])cc1OC. The van der Waals surface area contributed by atoms with Gasteiger partial charge in [0, 0.05) is 37.7 Å². The molecule has 1 amide bonds. The molecule has 1 aliphatic rings. The van der Waals surface area contributed by atoms with Gasteiger partial charge >= 0.3 is 0 Å². The zero-order chi connectivity index (χ0) is 23.3. The maximum Gasteiger partial charge on any atom is 0.286 e. The molecule has 1 aliphatic heterocycles. The highest BCUT2D eigenvalue weighted by atomic mass is 32.2. The molecule has 170 valence electrons. The standard InChI is InChI=1S/C21H23N3O7S/c1-30-19-14-17(18(24(26)27)15-20(19)31-2)21(25)22-9-11-23(12-10-22)32(28,29)13-8-16-6-4-3-5-7-16/h3-8,13-15H,9-12H2,1-2H3. The topological polar surface area (TPSA) is 119 Å². The molecule has 0 aliphatic carbocycles. The van der Waals surface area contributed by atoms with Crippen LogP contribution in [0.2, 0.25) is 0 Å². The Labute approximate surface area is 185 Å². The summed E-state index contributed by atoms with van der Waals surface area (Å²) in [5.41, 5.74) is 0.201. The second-order valence-corrected chi connectivity index (χ2v) is 8.75. The first-order valence-corrected chi connectivity index (χ1v) is 11.2. The number of ether oxygens (including phenoxy) is 2. The van der Waals surface area contributed by atoms with Crippen LogP contribution >= 0.6 is 0 Å². The van der Waals surface area contributed by atoms with Gasteiger partial charge in [0.05, 0.1) is 25.2 Å². The molecule has 0 unspecified atom stereocenters. The Morgan fingerprint density at radius 3 is 2.19 bits per heavy atom. The molecular formula is C21H23N3O7S. The van der Waals surface area contributed by atoms with Gasteiger partial charge < -0.3 is 14.4 Å². The summed E-state index contributed by atoms with van der Waals surface area (Å²) in [4.78, 5) is 25.2. The van der Waals surface area contributed by atoms with Crippen LogP contribution in [0, 0.1) is 10.1 Å². The van der Waals surface area contributed by atoms with E-state index in [1.165, 1.54) is 35.6 Å². The molecule has 2 aromatic rings. The summed E-state index contributed by atoms with van der Waals surface area (Å²) in [5.74, 6) is -0.250. The van der Waals surface area contributed by atoms with Crippen molar-refractivity contribution >= 4 is 27.7 Å². The summed E-state index contributed by atoms with van der Waals surface area (Å²) >= 11 is 0. The highest BCUT2D eigenvalue weighted by Gasteiger charge is 2.32. The minimum absolute atomic E-state index is 0.0777. The molecule has 0 atom stereocenters. The van der Waals surface area contributed by atoms with Crippen molar-refractivity contribution in [3.05, 3.63) is 69.1 Å². The maximum atomic E-state index is 13.0. The van der Waals surface area contributed by atoms with Crippen LogP contribution in [0.1, 0.15) is 15.9 Å². The van der Waals surface area contributed by atoms with E-state index in [1.54, 1.807) is 12.1 Å². The highest BCUT2D eigenvalue weighted by molar-refractivity contribution is 7.92. The molecule has 10 nitrogen and oxygen atoms in total. The molecule has 11 heteroatoms. The average Bonchev–Trinajstić information content (AvgIpc) is 2.82. The van der Waals surface area contributed by atoms with Crippen molar-refractivity contribution < 1.29 is 27.6 Å². The normalized spacial score (nSPS) is 15.0. The Kier molecular flexibility index (Phi) is 7.11. The molecule has 1 fully saturated rings. The predicted octanol–water partition coefficient (Wildman–Crippen LogP) is 2.37. The number of carbonyl (C=O) groups excluding carboxylic acids is 1. The largest absolute Gasteiger partial charge is 0.493 e. The molecule has 2 aromatic carbocycles. The number of nitro groups is 1. The zero-order valence-electron chi connectivity index (χ0n) is 17.6. The van der Waals surface area contributed by atoms with E-state index >= 15 is 0 Å². The van der Waals surface area contributed by atoms with Crippen molar-refractivity contribution in [3.8, 4) is 11.5 Å². The number of carbonyl (C=O) groups is 1. The summed E-state index contributed by atoms with van der Waals surface area (Å²) in [5, 5.41) is 12.6. The van der Waals surface area contributed by atoms with E-state index in [9.17, 15) is 23.3 Å². The Morgan fingerprint density at radius 1 is 1.03 bits per heavy atom. The van der Waals surface area contributed by atoms with E-state index in [4.69, 9.17) is 9.47 Å². The minimum atomic E-state index is -3.67. The lowest BCUT2D eigenvalue weighted by Crippen LogP contribution is -2.50. The lowest BCUT2D eigenvalue weighted by Gasteiger charge is -2.33. The Morgan fingerprint density at radius 2 is 1.62 bits per heavy atom. The molecule has 0 bridgehead atoms. The van der Waals surface area contributed by atoms with E-state index in [0.717, 1.165) is 17.0 Å². The highest BCUT2D eigenvalue weighted by Crippen LogP contribution is 2.35. The fourth-order valence-corrected chi connectivity index (χ4v) is 4.49. The van der Waals surface area contributed by atoms with Crippen LogP contribution in [-0.4, -0.2) is 68.9 Å². The van der Waals surface area contributed by atoms with E-state index in [0.29, 0.717) is 0 Å². The van der Waals surface area contributed by atoms with Gasteiger partial charge in [0.15, 0.2) is 11.5 Å². The van der Waals surface area contributed by atoms with Crippen LogP contribution in [0.4, 0.5) is 5.69 Å². The van der Waals surface area contributed by atoms with Crippen LogP contribution in [-0.2, 0) is 10.0 Å². The van der Waals surface area contributed by atoms with E-state index in [2.05, 4.69) is 0 Å². The molecule has 1 saturated heterocycles. The number of nitrogens with zero attached hydrogens (tertiary/aromatic N) is 3. The fourth-order valence-electron chi connectivity index (χ4n) is 3.32. The maximum absolute atomic E-state index is 13.0. The summed E-state index contributed by atoms with van der Waals surface area (Å²) in [6.07, 6.45) is 1.51. The Hall–Kier alpha value is -3.44. The number of rotatable bonds is 7. The van der Waals surface area contributed by atoms with Gasteiger partial charge in [-0.25, -0.2) is 8.42 Å². The monoisotopic (exact) mass is 461 g/mol. The molecule has 32 heavy (non-hydrogen) atoms. The number of nitro benzene ring substituents is 1. The van der Waals surface area contributed by atoms with Crippen molar-refractivity contribution in [1.82, 2.24) is 9.21 Å². The summed E-state index contributed by atoms with van der Waals surface area (Å²) in [7, 11) is -0.959. The Balaban J connectivity index is 1.74. The average molecular weight is 461 g/mol. The van der Waals surface area contributed by atoms with Gasteiger partial charge in [-0.1, -0.05) is 30.3 Å². The third-order valence-corrected chi connectivity index (χ3v) is 6.61. The Bertz CT molecular complexity index is 1130. The van der Waals surface area contributed by atoms with E-state index in [1.807, 2.05) is 18.2 Å². The van der Waals surface area contributed by atoms with Crippen molar-refractivity contribution in [2.45, 2.75) is 0 Å². The molecule has 0 radical (unpaired) electrons. The smallest absolute Gasteiger partial charge is 0.286 e. The van der Waals surface area contributed by atoms with Gasteiger partial charge in [-0.3, -0.25) is 14.9 Å². The molecular weight excluding hydrogens is 438 g/mol. The van der Waals surface area contributed by atoms with Crippen LogP contribution in [0.3, 0.4) is 0 Å². The van der Waals surface area contributed by atoms with Crippen LogP contribution in [0.15, 0.2) is 47.9 Å².